The minimum Gasteiger partial charge on any atom is -0.481 e. The third-order valence-electron chi connectivity index (χ3n) is 4.16. The molecule has 1 saturated heterocycles. The molecule has 9 heteroatoms. The second-order valence-electron chi connectivity index (χ2n) is 6.22. The number of hydrogen-bond donors (Lipinski definition) is 3. The van der Waals surface area contributed by atoms with Crippen LogP contribution in [0.1, 0.15) is 37.7 Å². The molecule has 0 aliphatic carbocycles. The Labute approximate surface area is 153 Å². The lowest BCUT2D eigenvalue weighted by Crippen LogP contribution is -2.36. The maximum atomic E-state index is 12.7. The molecule has 0 atom stereocenters. The van der Waals surface area contributed by atoms with Crippen molar-refractivity contribution in [2.75, 3.05) is 19.6 Å². The molecule has 3 N–H and O–H groups in total. The van der Waals surface area contributed by atoms with Crippen molar-refractivity contribution in [1.29, 1.82) is 0 Å². The molecule has 1 aromatic rings. The second-order valence-corrected chi connectivity index (χ2v) is 8.16. The predicted octanol–water partition coefficient (Wildman–Crippen LogP) is 1.53. The fourth-order valence-corrected chi connectivity index (χ4v) is 4.34. The SMILES string of the molecule is O=C(O)CCCNC(=O)NCc1cccc(S(=O)(=O)N2CCCCC2)c1. The van der Waals surface area contributed by atoms with Gasteiger partial charge < -0.3 is 15.7 Å². The second kappa shape index (κ2) is 9.54. The van der Waals surface area contributed by atoms with Crippen LogP contribution in [-0.2, 0) is 21.4 Å². The lowest BCUT2D eigenvalue weighted by atomic mass is 10.2. The normalized spacial score (nSPS) is 15.4. The van der Waals surface area contributed by atoms with E-state index in [2.05, 4.69) is 10.6 Å². The number of rotatable bonds is 8. The molecule has 1 aliphatic rings. The van der Waals surface area contributed by atoms with Crippen molar-refractivity contribution in [2.24, 2.45) is 0 Å². The number of nitrogens with one attached hydrogen (secondary N) is 2. The topological polar surface area (TPSA) is 116 Å². The number of carboxylic acid groups (broad SMARTS) is 1. The van der Waals surface area contributed by atoms with Gasteiger partial charge in [0, 0.05) is 32.6 Å². The molecule has 0 radical (unpaired) electrons. The third kappa shape index (κ3) is 5.99. The number of sulfonamides is 1. The minimum atomic E-state index is -3.50. The first-order valence-corrected chi connectivity index (χ1v) is 10.2. The molecule has 0 unspecified atom stereocenters. The van der Waals surface area contributed by atoms with Crippen LogP contribution < -0.4 is 10.6 Å². The zero-order chi connectivity index (χ0) is 19.0. The van der Waals surface area contributed by atoms with Crippen LogP contribution in [0.25, 0.3) is 0 Å². The van der Waals surface area contributed by atoms with Crippen LogP contribution in [-0.4, -0.2) is 49.5 Å². The van der Waals surface area contributed by atoms with E-state index in [0.29, 0.717) is 25.1 Å². The van der Waals surface area contributed by atoms with Crippen LogP contribution in [0.3, 0.4) is 0 Å². The van der Waals surface area contributed by atoms with Crippen molar-refractivity contribution in [1.82, 2.24) is 14.9 Å². The zero-order valence-electron chi connectivity index (χ0n) is 14.6. The summed E-state index contributed by atoms with van der Waals surface area (Å²) in [6, 6.07) is 6.15. The lowest BCUT2D eigenvalue weighted by molar-refractivity contribution is -0.137. The summed E-state index contributed by atoms with van der Waals surface area (Å²) in [6.45, 7) is 1.54. The quantitative estimate of drug-likeness (QED) is 0.589. The number of carbonyl (C=O) groups is 2. The van der Waals surface area contributed by atoms with Crippen LogP contribution >= 0.6 is 0 Å². The maximum absolute atomic E-state index is 12.7. The van der Waals surface area contributed by atoms with Crippen molar-refractivity contribution < 1.29 is 23.1 Å². The Morgan fingerprint density at radius 1 is 1.12 bits per heavy atom. The Morgan fingerprint density at radius 2 is 1.85 bits per heavy atom. The molecule has 26 heavy (non-hydrogen) atoms. The summed E-state index contributed by atoms with van der Waals surface area (Å²) in [4.78, 5) is 22.3. The molecule has 1 heterocycles. The van der Waals surface area contributed by atoms with E-state index in [-0.39, 0.29) is 24.4 Å². The van der Waals surface area contributed by atoms with Gasteiger partial charge in [-0.3, -0.25) is 4.79 Å². The highest BCUT2D eigenvalue weighted by Gasteiger charge is 2.25. The van der Waals surface area contributed by atoms with E-state index in [1.54, 1.807) is 24.3 Å². The van der Waals surface area contributed by atoms with Crippen LogP contribution in [0.5, 0.6) is 0 Å². The van der Waals surface area contributed by atoms with Gasteiger partial charge in [-0.05, 0) is 37.0 Å². The Bertz CT molecular complexity index is 730. The molecule has 2 rings (SSSR count). The molecule has 0 spiro atoms. The zero-order valence-corrected chi connectivity index (χ0v) is 15.4. The third-order valence-corrected chi connectivity index (χ3v) is 6.05. The van der Waals surface area contributed by atoms with Gasteiger partial charge in [0.05, 0.1) is 4.90 Å². The van der Waals surface area contributed by atoms with E-state index in [0.717, 1.165) is 19.3 Å². The molecule has 1 aliphatic heterocycles. The fraction of sp³-hybridized carbons (Fsp3) is 0.529. The molecular formula is C17H25N3O5S. The van der Waals surface area contributed by atoms with Crippen LogP contribution in [0.4, 0.5) is 4.79 Å². The number of amides is 2. The van der Waals surface area contributed by atoms with Gasteiger partial charge in [-0.2, -0.15) is 4.31 Å². The van der Waals surface area contributed by atoms with Gasteiger partial charge in [-0.25, -0.2) is 13.2 Å². The number of urea groups is 1. The van der Waals surface area contributed by atoms with Crippen molar-refractivity contribution in [3.05, 3.63) is 29.8 Å². The molecular weight excluding hydrogens is 358 g/mol. The summed E-state index contributed by atoms with van der Waals surface area (Å²) in [5.74, 6) is -0.904. The summed E-state index contributed by atoms with van der Waals surface area (Å²) in [5.41, 5.74) is 0.684. The van der Waals surface area contributed by atoms with Crippen LogP contribution in [0.2, 0.25) is 0 Å². The number of aliphatic carboxylic acids is 1. The molecule has 8 nitrogen and oxygen atoms in total. The molecule has 144 valence electrons. The van der Waals surface area contributed by atoms with Crippen molar-refractivity contribution in [3.63, 3.8) is 0 Å². The number of hydrogen-bond acceptors (Lipinski definition) is 4. The highest BCUT2D eigenvalue weighted by molar-refractivity contribution is 7.89. The predicted molar refractivity (Wildman–Crippen MR) is 96.2 cm³/mol. The van der Waals surface area contributed by atoms with Gasteiger partial charge in [0.25, 0.3) is 0 Å². The van der Waals surface area contributed by atoms with E-state index in [1.807, 2.05) is 0 Å². The van der Waals surface area contributed by atoms with Gasteiger partial charge in [-0.1, -0.05) is 18.6 Å². The molecule has 0 saturated carbocycles. The number of nitrogens with zero attached hydrogens (tertiary/aromatic N) is 1. The molecule has 0 bridgehead atoms. The summed E-state index contributed by atoms with van der Waals surface area (Å²) in [5, 5.41) is 13.7. The highest BCUT2D eigenvalue weighted by atomic mass is 32.2. The number of benzene rings is 1. The average molecular weight is 383 g/mol. The van der Waals surface area contributed by atoms with Gasteiger partial charge in [-0.15, -0.1) is 0 Å². The van der Waals surface area contributed by atoms with Crippen molar-refractivity contribution in [2.45, 2.75) is 43.5 Å². The first-order valence-electron chi connectivity index (χ1n) is 8.72. The maximum Gasteiger partial charge on any atom is 0.315 e. The number of carboxylic acids is 1. The number of carbonyl (C=O) groups excluding carboxylic acids is 1. The van der Waals surface area contributed by atoms with Gasteiger partial charge >= 0.3 is 12.0 Å². The average Bonchev–Trinajstić information content (AvgIpc) is 2.64. The molecule has 0 aromatic heterocycles. The van der Waals surface area contributed by atoms with Gasteiger partial charge in [0.1, 0.15) is 0 Å². The van der Waals surface area contributed by atoms with E-state index in [4.69, 9.17) is 5.11 Å². The van der Waals surface area contributed by atoms with Gasteiger partial charge in [0.2, 0.25) is 10.0 Å². The van der Waals surface area contributed by atoms with Gasteiger partial charge in [0.15, 0.2) is 0 Å². The Balaban J connectivity index is 1.88. The first-order chi connectivity index (χ1) is 12.4. The fourth-order valence-electron chi connectivity index (χ4n) is 2.76. The monoisotopic (exact) mass is 383 g/mol. The lowest BCUT2D eigenvalue weighted by Gasteiger charge is -2.26. The largest absolute Gasteiger partial charge is 0.481 e. The number of piperidine rings is 1. The summed E-state index contributed by atoms with van der Waals surface area (Å²) in [6.07, 6.45) is 3.16. The smallest absolute Gasteiger partial charge is 0.315 e. The van der Waals surface area contributed by atoms with E-state index in [9.17, 15) is 18.0 Å². The molecule has 1 aromatic carbocycles. The van der Waals surface area contributed by atoms with E-state index in [1.165, 1.54) is 4.31 Å². The summed E-state index contributed by atoms with van der Waals surface area (Å²) in [7, 11) is -3.50. The van der Waals surface area contributed by atoms with Crippen LogP contribution in [0.15, 0.2) is 29.2 Å². The summed E-state index contributed by atoms with van der Waals surface area (Å²) >= 11 is 0. The van der Waals surface area contributed by atoms with Crippen molar-refractivity contribution >= 4 is 22.0 Å². The van der Waals surface area contributed by atoms with E-state index >= 15 is 0 Å². The van der Waals surface area contributed by atoms with Crippen molar-refractivity contribution in [3.8, 4) is 0 Å². The Hall–Kier alpha value is -2.13. The molecule has 1 fully saturated rings. The minimum absolute atomic E-state index is 0.00329. The van der Waals surface area contributed by atoms with Crippen LogP contribution in [0, 0.1) is 0 Å². The molecule has 2 amide bonds. The standard InChI is InChI=1S/C17H25N3O5S/c21-16(22)8-5-9-18-17(23)19-13-14-6-4-7-15(12-14)26(24,25)20-10-2-1-3-11-20/h4,6-7,12H,1-3,5,8-11,13H2,(H,21,22)(H2,18,19,23). The Kier molecular flexibility index (Phi) is 7.40. The van der Waals surface area contributed by atoms with E-state index < -0.39 is 22.0 Å². The highest BCUT2D eigenvalue weighted by Crippen LogP contribution is 2.21. The first kappa shape index (κ1) is 20.2. The Morgan fingerprint density at radius 3 is 2.54 bits per heavy atom. The summed E-state index contributed by atoms with van der Waals surface area (Å²) < 4.78 is 26.9.